The minimum atomic E-state index is -0.837. The third kappa shape index (κ3) is 6.95. The van der Waals surface area contributed by atoms with Gasteiger partial charge in [-0.3, -0.25) is 4.79 Å². The molecule has 0 aromatic rings. The molecule has 144 valence electrons. The highest BCUT2D eigenvalue weighted by Crippen LogP contribution is 2.39. The van der Waals surface area contributed by atoms with Gasteiger partial charge in [0.1, 0.15) is 11.7 Å². The molecule has 1 fully saturated rings. The molecule has 4 unspecified atom stereocenters. The van der Waals surface area contributed by atoms with Gasteiger partial charge in [0.05, 0.1) is 6.42 Å². The summed E-state index contributed by atoms with van der Waals surface area (Å²) in [5.74, 6) is -0.0802. The highest BCUT2D eigenvalue weighted by molar-refractivity contribution is 5.67. The summed E-state index contributed by atoms with van der Waals surface area (Å²) in [6.07, 6.45) is 12.2. The molecule has 0 aromatic carbocycles. The second kappa shape index (κ2) is 10.8. The summed E-state index contributed by atoms with van der Waals surface area (Å²) < 4.78 is 0. The molecule has 0 aliphatic carbocycles. The summed E-state index contributed by atoms with van der Waals surface area (Å²) in [4.78, 5) is 22.4. The first-order chi connectivity index (χ1) is 11.9. The van der Waals surface area contributed by atoms with Crippen molar-refractivity contribution < 1.29 is 19.7 Å². The van der Waals surface area contributed by atoms with E-state index in [9.17, 15) is 4.79 Å². The smallest absolute Gasteiger partial charge is 0.306 e. The van der Waals surface area contributed by atoms with E-state index >= 15 is 0 Å². The lowest BCUT2D eigenvalue weighted by Crippen LogP contribution is -2.44. The van der Waals surface area contributed by atoms with E-state index in [-0.39, 0.29) is 18.4 Å². The Kier molecular flexibility index (Phi) is 9.44. The second-order valence-electron chi connectivity index (χ2n) is 7.31. The maximum absolute atomic E-state index is 11.0. The van der Waals surface area contributed by atoms with Crippen molar-refractivity contribution in [3.05, 3.63) is 23.8 Å². The topological polar surface area (TPSA) is 55.8 Å². The predicted octanol–water partition coefficient (Wildman–Crippen LogP) is 5.69. The third-order valence-corrected chi connectivity index (χ3v) is 5.23. The number of rotatable bonds is 10. The maximum Gasteiger partial charge on any atom is 0.306 e. The van der Waals surface area contributed by atoms with Gasteiger partial charge in [-0.1, -0.05) is 57.9 Å². The van der Waals surface area contributed by atoms with Crippen molar-refractivity contribution in [3.63, 3.8) is 0 Å². The van der Waals surface area contributed by atoms with Gasteiger partial charge in [-0.2, -0.15) is 0 Å². The summed E-state index contributed by atoms with van der Waals surface area (Å²) in [6, 6.07) is 0. The fourth-order valence-electron chi connectivity index (χ4n) is 3.61. The monoisotopic (exact) mass is 352 g/mol. The quantitative estimate of drug-likeness (QED) is 0.405. The van der Waals surface area contributed by atoms with Crippen molar-refractivity contribution in [1.82, 2.24) is 0 Å². The van der Waals surface area contributed by atoms with Crippen LogP contribution in [0.15, 0.2) is 23.8 Å². The fraction of sp³-hybridized carbons (Fsp3) is 0.762. The highest BCUT2D eigenvalue weighted by Gasteiger charge is 2.41. The Morgan fingerprint density at radius 1 is 1.32 bits per heavy atom. The summed E-state index contributed by atoms with van der Waals surface area (Å²) in [6.45, 7) is 10.7. The standard InChI is InChI=1S/C21H36O4/c1-6-10-11-17(7-2)12-16(5)14-21(9-4)15-18(8-3)19(24-25-21)13-20(22)23/h10-11,14,17-19H,6-9,12-13,15H2,1-5H3,(H,22,23)/b11-10+,16-14+. The first-order valence-corrected chi connectivity index (χ1v) is 9.80. The van der Waals surface area contributed by atoms with E-state index in [0.29, 0.717) is 5.92 Å². The van der Waals surface area contributed by atoms with Crippen LogP contribution in [0.25, 0.3) is 0 Å². The molecular formula is C21H36O4. The molecule has 0 aromatic heterocycles. The van der Waals surface area contributed by atoms with Crippen molar-refractivity contribution in [3.8, 4) is 0 Å². The zero-order valence-corrected chi connectivity index (χ0v) is 16.6. The minimum Gasteiger partial charge on any atom is -0.481 e. The van der Waals surface area contributed by atoms with Gasteiger partial charge >= 0.3 is 5.97 Å². The molecule has 1 aliphatic heterocycles. The lowest BCUT2D eigenvalue weighted by molar-refractivity contribution is -0.409. The van der Waals surface area contributed by atoms with Gasteiger partial charge in [0.25, 0.3) is 0 Å². The fourth-order valence-corrected chi connectivity index (χ4v) is 3.61. The minimum absolute atomic E-state index is 0.000713. The Labute approximate surface area is 153 Å². The Morgan fingerprint density at radius 2 is 2.04 bits per heavy atom. The van der Waals surface area contributed by atoms with Crippen LogP contribution in [0, 0.1) is 11.8 Å². The molecular weight excluding hydrogens is 316 g/mol. The molecule has 1 rings (SSSR count). The van der Waals surface area contributed by atoms with Crippen LogP contribution in [-0.4, -0.2) is 22.8 Å². The predicted molar refractivity (Wildman–Crippen MR) is 101 cm³/mol. The number of carboxylic acids is 1. The van der Waals surface area contributed by atoms with Gasteiger partial charge < -0.3 is 5.11 Å². The lowest BCUT2D eigenvalue weighted by atomic mass is 9.80. The van der Waals surface area contributed by atoms with Gasteiger partial charge in [-0.05, 0) is 50.9 Å². The number of carboxylic acid groups (broad SMARTS) is 1. The Balaban J connectivity index is 2.84. The van der Waals surface area contributed by atoms with Crippen molar-refractivity contribution in [2.75, 3.05) is 0 Å². The summed E-state index contributed by atoms with van der Waals surface area (Å²) in [5, 5.41) is 9.05. The van der Waals surface area contributed by atoms with E-state index in [4.69, 9.17) is 14.9 Å². The van der Waals surface area contributed by atoms with E-state index in [1.165, 1.54) is 5.57 Å². The molecule has 0 spiro atoms. The third-order valence-electron chi connectivity index (χ3n) is 5.23. The number of hydrogen-bond donors (Lipinski definition) is 1. The van der Waals surface area contributed by atoms with E-state index in [2.05, 4.69) is 52.8 Å². The second-order valence-corrected chi connectivity index (χ2v) is 7.31. The summed E-state index contributed by atoms with van der Waals surface area (Å²) in [5.41, 5.74) is 0.872. The number of aliphatic carboxylic acids is 1. The highest BCUT2D eigenvalue weighted by atomic mass is 17.2. The lowest BCUT2D eigenvalue weighted by Gasteiger charge is -2.41. The molecule has 0 bridgehead atoms. The molecule has 0 amide bonds. The van der Waals surface area contributed by atoms with Crippen LogP contribution in [0.2, 0.25) is 0 Å². The molecule has 4 heteroatoms. The van der Waals surface area contributed by atoms with Gasteiger partial charge in [0.15, 0.2) is 0 Å². The number of carbonyl (C=O) groups is 1. The van der Waals surface area contributed by atoms with Gasteiger partial charge in [0, 0.05) is 0 Å². The molecule has 25 heavy (non-hydrogen) atoms. The first-order valence-electron chi connectivity index (χ1n) is 9.80. The molecule has 1 N–H and O–H groups in total. The first kappa shape index (κ1) is 21.9. The maximum atomic E-state index is 11.0. The van der Waals surface area contributed by atoms with Crippen molar-refractivity contribution in [2.24, 2.45) is 11.8 Å². The average Bonchev–Trinajstić information content (AvgIpc) is 2.59. The van der Waals surface area contributed by atoms with Gasteiger partial charge in [-0.15, -0.1) is 0 Å². The van der Waals surface area contributed by atoms with E-state index in [1.807, 2.05) is 0 Å². The summed E-state index contributed by atoms with van der Waals surface area (Å²) in [7, 11) is 0. The van der Waals surface area contributed by atoms with Crippen LogP contribution in [0.5, 0.6) is 0 Å². The average molecular weight is 353 g/mol. The van der Waals surface area contributed by atoms with E-state index in [1.54, 1.807) is 0 Å². The SMILES string of the molecule is CC/C=C/C(CC)C/C(C)=C/C1(CC)CC(CC)C(CC(=O)O)OO1. The molecule has 1 saturated heterocycles. The molecule has 0 radical (unpaired) electrons. The van der Waals surface area contributed by atoms with Gasteiger partial charge in [-0.25, -0.2) is 9.78 Å². The van der Waals surface area contributed by atoms with Gasteiger partial charge in [0.2, 0.25) is 0 Å². The van der Waals surface area contributed by atoms with E-state index in [0.717, 1.165) is 38.5 Å². The van der Waals surface area contributed by atoms with Crippen molar-refractivity contribution >= 4 is 5.97 Å². The van der Waals surface area contributed by atoms with Crippen molar-refractivity contribution in [2.45, 2.75) is 91.3 Å². The Morgan fingerprint density at radius 3 is 2.56 bits per heavy atom. The molecule has 4 atom stereocenters. The Bertz CT molecular complexity index is 469. The Hall–Kier alpha value is -1.13. The summed E-state index contributed by atoms with van der Waals surface area (Å²) >= 11 is 0. The number of allylic oxidation sites excluding steroid dienone is 3. The number of hydrogen-bond acceptors (Lipinski definition) is 3. The van der Waals surface area contributed by atoms with Crippen molar-refractivity contribution in [1.29, 1.82) is 0 Å². The van der Waals surface area contributed by atoms with Crippen LogP contribution in [-0.2, 0) is 14.6 Å². The zero-order chi connectivity index (χ0) is 18.9. The normalized spacial score (nSPS) is 29.1. The van der Waals surface area contributed by atoms with Crippen LogP contribution >= 0.6 is 0 Å². The van der Waals surface area contributed by atoms with Crippen LogP contribution in [0.1, 0.15) is 79.6 Å². The van der Waals surface area contributed by atoms with E-state index < -0.39 is 11.6 Å². The molecule has 4 nitrogen and oxygen atoms in total. The largest absolute Gasteiger partial charge is 0.481 e. The molecule has 1 heterocycles. The van der Waals surface area contributed by atoms with Crippen LogP contribution in [0.3, 0.4) is 0 Å². The molecule has 0 saturated carbocycles. The molecule has 1 aliphatic rings. The zero-order valence-electron chi connectivity index (χ0n) is 16.6. The van der Waals surface area contributed by atoms with Crippen LogP contribution < -0.4 is 0 Å². The van der Waals surface area contributed by atoms with Crippen LogP contribution in [0.4, 0.5) is 0 Å².